The van der Waals surface area contributed by atoms with Crippen molar-refractivity contribution in [3.63, 3.8) is 0 Å². The Hall–Kier alpha value is -1.59. The van der Waals surface area contributed by atoms with E-state index in [-0.39, 0.29) is 17.9 Å². The molecule has 2 rings (SSSR count). The van der Waals surface area contributed by atoms with Gasteiger partial charge in [0.25, 0.3) is 0 Å². The van der Waals surface area contributed by atoms with Crippen LogP contribution in [-0.4, -0.2) is 51.6 Å². The van der Waals surface area contributed by atoms with E-state index in [1.165, 1.54) is 0 Å². The highest BCUT2D eigenvalue weighted by Crippen LogP contribution is 2.22. The number of rotatable bonds is 6. The summed E-state index contributed by atoms with van der Waals surface area (Å²) in [7, 11) is 5.73. The molecule has 1 amide bonds. The Kier molecular flexibility index (Phi) is 6.21. The average Bonchev–Trinajstić information content (AvgIpc) is 2.55. The summed E-state index contributed by atoms with van der Waals surface area (Å²) >= 11 is 0. The minimum absolute atomic E-state index is 0.140. The molecular weight excluding hydrogens is 278 g/mol. The Labute approximate surface area is 133 Å². The second-order valence-electron chi connectivity index (χ2n) is 6.03. The first kappa shape index (κ1) is 16.8. The molecule has 0 bridgehead atoms. The molecule has 1 aliphatic heterocycles. The normalized spacial score (nSPS) is 17.3. The average molecular weight is 305 g/mol. The van der Waals surface area contributed by atoms with Crippen molar-refractivity contribution in [3.8, 4) is 5.75 Å². The van der Waals surface area contributed by atoms with Crippen molar-refractivity contribution in [1.82, 2.24) is 15.5 Å². The number of nitrogens with zero attached hydrogens (tertiary/aromatic N) is 1. The number of hydrogen-bond donors (Lipinski definition) is 2. The molecule has 1 fully saturated rings. The van der Waals surface area contributed by atoms with Crippen molar-refractivity contribution in [2.75, 3.05) is 40.8 Å². The maximum atomic E-state index is 12.3. The van der Waals surface area contributed by atoms with Gasteiger partial charge in [0.05, 0.1) is 13.2 Å². The zero-order chi connectivity index (χ0) is 15.9. The quantitative estimate of drug-likeness (QED) is 0.834. The van der Waals surface area contributed by atoms with Gasteiger partial charge in [-0.15, -0.1) is 0 Å². The molecule has 1 unspecified atom stereocenters. The van der Waals surface area contributed by atoms with Crippen LogP contribution in [0.5, 0.6) is 5.75 Å². The SMILES string of the molecule is COc1cccc(C(CNC(=O)C2CCNCC2)N(C)C)c1. The highest BCUT2D eigenvalue weighted by atomic mass is 16.5. The van der Waals surface area contributed by atoms with E-state index < -0.39 is 0 Å². The molecule has 0 spiro atoms. The van der Waals surface area contributed by atoms with E-state index in [2.05, 4.69) is 21.6 Å². The molecule has 5 nitrogen and oxygen atoms in total. The first-order chi connectivity index (χ1) is 10.6. The molecule has 1 heterocycles. The molecule has 1 saturated heterocycles. The van der Waals surface area contributed by atoms with E-state index in [1.54, 1.807) is 7.11 Å². The Morgan fingerprint density at radius 3 is 2.77 bits per heavy atom. The third-order valence-corrected chi connectivity index (χ3v) is 4.28. The monoisotopic (exact) mass is 305 g/mol. The van der Waals surface area contributed by atoms with Crippen molar-refractivity contribution < 1.29 is 9.53 Å². The Morgan fingerprint density at radius 1 is 1.41 bits per heavy atom. The molecule has 122 valence electrons. The van der Waals surface area contributed by atoms with Crippen molar-refractivity contribution in [3.05, 3.63) is 29.8 Å². The van der Waals surface area contributed by atoms with E-state index in [0.717, 1.165) is 37.2 Å². The largest absolute Gasteiger partial charge is 0.497 e. The third kappa shape index (κ3) is 4.45. The van der Waals surface area contributed by atoms with E-state index in [9.17, 15) is 4.79 Å². The van der Waals surface area contributed by atoms with Crippen molar-refractivity contribution in [2.45, 2.75) is 18.9 Å². The lowest BCUT2D eigenvalue weighted by Gasteiger charge is -2.27. The predicted molar refractivity (Wildman–Crippen MR) is 88.0 cm³/mol. The van der Waals surface area contributed by atoms with Crippen LogP contribution < -0.4 is 15.4 Å². The fraction of sp³-hybridized carbons (Fsp3) is 0.588. The minimum atomic E-state index is 0.140. The second-order valence-corrected chi connectivity index (χ2v) is 6.03. The summed E-state index contributed by atoms with van der Waals surface area (Å²) in [6.07, 6.45) is 1.86. The molecule has 2 N–H and O–H groups in total. The number of benzene rings is 1. The first-order valence-electron chi connectivity index (χ1n) is 7.90. The van der Waals surface area contributed by atoms with Crippen LogP contribution >= 0.6 is 0 Å². The molecule has 22 heavy (non-hydrogen) atoms. The predicted octanol–water partition coefficient (Wildman–Crippen LogP) is 1.41. The van der Waals surface area contributed by atoms with Gasteiger partial charge in [-0.2, -0.15) is 0 Å². The fourth-order valence-corrected chi connectivity index (χ4v) is 2.87. The van der Waals surface area contributed by atoms with Gasteiger partial charge in [-0.25, -0.2) is 0 Å². The van der Waals surface area contributed by atoms with Gasteiger partial charge in [0.1, 0.15) is 5.75 Å². The zero-order valence-electron chi connectivity index (χ0n) is 13.8. The van der Waals surface area contributed by atoms with Gasteiger partial charge in [-0.1, -0.05) is 12.1 Å². The lowest BCUT2D eigenvalue weighted by atomic mass is 9.97. The maximum Gasteiger partial charge on any atom is 0.223 e. The number of ether oxygens (including phenoxy) is 1. The van der Waals surface area contributed by atoms with E-state index >= 15 is 0 Å². The van der Waals surface area contributed by atoms with Crippen molar-refractivity contribution in [1.29, 1.82) is 0 Å². The molecule has 0 radical (unpaired) electrons. The molecule has 1 aromatic carbocycles. The third-order valence-electron chi connectivity index (χ3n) is 4.28. The smallest absolute Gasteiger partial charge is 0.223 e. The highest BCUT2D eigenvalue weighted by Gasteiger charge is 2.22. The molecule has 1 atom stereocenters. The van der Waals surface area contributed by atoms with Gasteiger partial charge in [0, 0.05) is 12.5 Å². The minimum Gasteiger partial charge on any atom is -0.497 e. The van der Waals surface area contributed by atoms with E-state index in [0.29, 0.717) is 6.54 Å². The van der Waals surface area contributed by atoms with Crippen LogP contribution in [0.2, 0.25) is 0 Å². The van der Waals surface area contributed by atoms with Crippen molar-refractivity contribution >= 4 is 5.91 Å². The molecule has 1 aromatic rings. The van der Waals surface area contributed by atoms with Gasteiger partial charge >= 0.3 is 0 Å². The summed E-state index contributed by atoms with van der Waals surface area (Å²) < 4.78 is 5.29. The number of amides is 1. The molecular formula is C17H27N3O2. The topological polar surface area (TPSA) is 53.6 Å². The van der Waals surface area contributed by atoms with Gasteiger partial charge < -0.3 is 20.3 Å². The van der Waals surface area contributed by atoms with Gasteiger partial charge in [0.15, 0.2) is 0 Å². The second kappa shape index (κ2) is 8.15. The number of methoxy groups -OCH3 is 1. The lowest BCUT2D eigenvalue weighted by Crippen LogP contribution is -2.41. The van der Waals surface area contributed by atoms with Gasteiger partial charge in [-0.05, 0) is 57.7 Å². The molecule has 5 heteroatoms. The van der Waals surface area contributed by atoms with Crippen molar-refractivity contribution in [2.24, 2.45) is 5.92 Å². The molecule has 1 aliphatic rings. The molecule has 0 aliphatic carbocycles. The molecule has 0 saturated carbocycles. The zero-order valence-corrected chi connectivity index (χ0v) is 13.8. The summed E-state index contributed by atoms with van der Waals surface area (Å²) in [5, 5.41) is 6.41. The summed E-state index contributed by atoms with van der Waals surface area (Å²) in [6, 6.07) is 8.16. The number of hydrogen-bond acceptors (Lipinski definition) is 4. The standard InChI is InChI=1S/C17H27N3O2/c1-20(2)16(14-5-4-6-15(11-14)22-3)12-19-17(21)13-7-9-18-10-8-13/h4-6,11,13,16,18H,7-10,12H2,1-3H3,(H,19,21). The van der Waals surface area contributed by atoms with Gasteiger partial charge in [0.2, 0.25) is 5.91 Å². The number of likely N-dealkylation sites (N-methyl/N-ethyl adjacent to an activating group) is 1. The van der Waals surface area contributed by atoms with Crippen LogP contribution in [0, 0.1) is 5.92 Å². The number of nitrogens with one attached hydrogen (secondary N) is 2. The number of carbonyl (C=O) groups is 1. The summed E-state index contributed by atoms with van der Waals surface area (Å²) in [4.78, 5) is 14.4. The van der Waals surface area contributed by atoms with Crippen LogP contribution in [0.15, 0.2) is 24.3 Å². The number of carbonyl (C=O) groups excluding carboxylic acids is 1. The Balaban J connectivity index is 1.97. The number of piperidine rings is 1. The van der Waals surface area contributed by atoms with Gasteiger partial charge in [-0.3, -0.25) is 4.79 Å². The first-order valence-corrected chi connectivity index (χ1v) is 7.90. The highest BCUT2D eigenvalue weighted by molar-refractivity contribution is 5.78. The summed E-state index contributed by atoms with van der Waals surface area (Å²) in [5.74, 6) is 1.17. The van der Waals surface area contributed by atoms with E-state index in [1.807, 2.05) is 32.3 Å². The summed E-state index contributed by atoms with van der Waals surface area (Å²) in [5.41, 5.74) is 1.15. The maximum absolute atomic E-state index is 12.3. The Bertz CT molecular complexity index is 485. The van der Waals surface area contributed by atoms with Crippen LogP contribution in [0.25, 0.3) is 0 Å². The Morgan fingerprint density at radius 2 is 2.14 bits per heavy atom. The van der Waals surface area contributed by atoms with Crippen LogP contribution in [0.4, 0.5) is 0 Å². The van der Waals surface area contributed by atoms with Crippen LogP contribution in [0.1, 0.15) is 24.4 Å². The van der Waals surface area contributed by atoms with E-state index in [4.69, 9.17) is 4.74 Å². The summed E-state index contributed by atoms with van der Waals surface area (Å²) in [6.45, 7) is 2.49. The fourth-order valence-electron chi connectivity index (χ4n) is 2.87. The molecule has 0 aromatic heterocycles. The van der Waals surface area contributed by atoms with Crippen LogP contribution in [0.3, 0.4) is 0 Å². The van der Waals surface area contributed by atoms with Crippen LogP contribution in [-0.2, 0) is 4.79 Å². The lowest BCUT2D eigenvalue weighted by molar-refractivity contribution is -0.125.